The van der Waals surface area contributed by atoms with Gasteiger partial charge < -0.3 is 19.7 Å². The van der Waals surface area contributed by atoms with Gasteiger partial charge in [0.25, 0.3) is 5.91 Å². The van der Waals surface area contributed by atoms with Gasteiger partial charge in [-0.25, -0.2) is 0 Å². The molecule has 164 valence electrons. The Morgan fingerprint density at radius 1 is 1.32 bits per heavy atom. The highest BCUT2D eigenvalue weighted by atomic mass is 35.5. The van der Waals surface area contributed by atoms with Crippen molar-refractivity contribution in [2.45, 2.75) is 31.7 Å². The van der Waals surface area contributed by atoms with Crippen LogP contribution < -0.4 is 5.32 Å². The van der Waals surface area contributed by atoms with Crippen molar-refractivity contribution in [2.24, 2.45) is 12.5 Å². The topological polar surface area (TPSA) is 80.6 Å². The molecule has 2 aromatic rings. The second-order valence-electron chi connectivity index (χ2n) is 8.53. The largest absolute Gasteiger partial charge is 0.481 e. The van der Waals surface area contributed by atoms with Gasteiger partial charge in [-0.2, -0.15) is 0 Å². The Kier molecular flexibility index (Phi) is 5.66. The number of rotatable bonds is 5. The second-order valence-corrected chi connectivity index (χ2v) is 9.31. The van der Waals surface area contributed by atoms with Crippen LogP contribution in [-0.4, -0.2) is 40.3 Å². The minimum Gasteiger partial charge on any atom is -0.481 e. The van der Waals surface area contributed by atoms with Crippen molar-refractivity contribution in [1.82, 2.24) is 9.88 Å². The molecule has 1 saturated heterocycles. The van der Waals surface area contributed by atoms with Gasteiger partial charge >= 0.3 is 5.97 Å². The Morgan fingerprint density at radius 2 is 2.10 bits per heavy atom. The van der Waals surface area contributed by atoms with Crippen LogP contribution >= 0.6 is 23.2 Å². The lowest BCUT2D eigenvalue weighted by atomic mass is 9.65. The molecule has 2 aliphatic rings. The average Bonchev–Trinajstić information content (AvgIpc) is 3.33. The molecule has 2 N–H and O–H groups in total. The van der Waals surface area contributed by atoms with E-state index in [1.165, 1.54) is 0 Å². The van der Waals surface area contributed by atoms with Gasteiger partial charge in [0.05, 0.1) is 28.6 Å². The predicted molar refractivity (Wildman–Crippen MR) is 121 cm³/mol. The zero-order valence-corrected chi connectivity index (χ0v) is 18.9. The van der Waals surface area contributed by atoms with Crippen molar-refractivity contribution in [1.29, 1.82) is 0 Å². The fraction of sp³-hybridized carbons (Fsp3) is 0.391. The summed E-state index contributed by atoms with van der Waals surface area (Å²) in [4.78, 5) is 24.4. The smallest absolute Gasteiger partial charge is 0.307 e. The van der Waals surface area contributed by atoms with E-state index < -0.39 is 16.9 Å². The number of carbonyl (C=O) groups excluding carboxylic acids is 1. The summed E-state index contributed by atoms with van der Waals surface area (Å²) in [5.41, 5.74) is 1.05. The van der Waals surface area contributed by atoms with Crippen LogP contribution in [0.15, 0.2) is 42.0 Å². The Bertz CT molecular complexity index is 1130. The molecule has 1 aliphatic heterocycles. The van der Waals surface area contributed by atoms with Crippen molar-refractivity contribution < 1.29 is 19.4 Å². The third kappa shape index (κ3) is 3.77. The van der Waals surface area contributed by atoms with E-state index in [0.717, 1.165) is 16.5 Å². The number of carboxylic acid groups (broad SMARTS) is 1. The van der Waals surface area contributed by atoms with Crippen molar-refractivity contribution in [3.8, 4) is 0 Å². The van der Waals surface area contributed by atoms with Crippen LogP contribution in [-0.2, 0) is 16.6 Å². The van der Waals surface area contributed by atoms with Gasteiger partial charge in [0.1, 0.15) is 5.69 Å². The maximum Gasteiger partial charge on any atom is 0.307 e. The van der Waals surface area contributed by atoms with E-state index >= 15 is 0 Å². The number of aromatic nitrogens is 1. The van der Waals surface area contributed by atoms with E-state index in [1.807, 2.05) is 31.3 Å². The van der Waals surface area contributed by atoms with E-state index in [-0.39, 0.29) is 12.3 Å². The first-order valence-electron chi connectivity index (χ1n) is 10.1. The van der Waals surface area contributed by atoms with Crippen LogP contribution in [0.4, 0.5) is 0 Å². The summed E-state index contributed by atoms with van der Waals surface area (Å²) >= 11 is 12.5. The highest BCUT2D eigenvalue weighted by Crippen LogP contribution is 2.45. The number of nitrogens with one attached hydrogen (secondary N) is 1. The van der Waals surface area contributed by atoms with E-state index in [9.17, 15) is 9.59 Å². The molecule has 1 aliphatic carbocycles. The van der Waals surface area contributed by atoms with Crippen LogP contribution in [0.2, 0.25) is 10.0 Å². The molecule has 1 aromatic heterocycles. The van der Waals surface area contributed by atoms with Crippen molar-refractivity contribution in [2.75, 3.05) is 13.2 Å². The van der Waals surface area contributed by atoms with Crippen molar-refractivity contribution in [3.63, 3.8) is 0 Å². The first kappa shape index (κ1) is 21.9. The number of aryl methyl sites for hydroxylation is 1. The zero-order chi connectivity index (χ0) is 22.4. The second kappa shape index (κ2) is 8.01. The number of carbonyl (C=O) groups is 2. The number of allylic oxidation sites excluding steroid dienone is 2. The zero-order valence-electron chi connectivity index (χ0n) is 17.4. The lowest BCUT2D eigenvalue weighted by molar-refractivity contribution is -0.136. The first-order chi connectivity index (χ1) is 14.7. The Morgan fingerprint density at radius 3 is 2.71 bits per heavy atom. The molecule has 6 nitrogen and oxygen atoms in total. The summed E-state index contributed by atoms with van der Waals surface area (Å²) in [5, 5.41) is 13.9. The molecule has 1 fully saturated rings. The lowest BCUT2D eigenvalue weighted by Crippen LogP contribution is -2.59. The monoisotopic (exact) mass is 462 g/mol. The SMILES string of the molecule is Cn1c(C(=O)N[C@]2(C3(C)C=CC(CC(=O)O)=CC3)CCOC2)cc2c(Cl)c(Cl)ccc21. The maximum absolute atomic E-state index is 13.4. The highest BCUT2D eigenvalue weighted by molar-refractivity contribution is 6.45. The number of carboxylic acids is 1. The number of hydrogen-bond acceptors (Lipinski definition) is 3. The summed E-state index contributed by atoms with van der Waals surface area (Å²) in [6, 6.07) is 5.32. The van der Waals surface area contributed by atoms with Crippen LogP contribution in [0.3, 0.4) is 0 Å². The minimum atomic E-state index is -0.860. The molecule has 0 saturated carbocycles. The standard InChI is InChI=1S/C23H24Cl2N2O4/c1-22(7-5-14(6-8-22)11-19(28)29)23(9-10-31-13-23)26-21(30)18-12-15-17(27(18)2)4-3-16(24)20(15)25/h3-7,12H,8-11,13H2,1-2H3,(H,26,30)(H,28,29)/t22?,23-/m1/s1. The molecule has 2 heterocycles. The molecule has 0 radical (unpaired) electrons. The normalized spacial score (nSPS) is 25.6. The van der Waals surface area contributed by atoms with E-state index in [2.05, 4.69) is 12.2 Å². The van der Waals surface area contributed by atoms with Crippen LogP contribution in [0, 0.1) is 5.41 Å². The van der Waals surface area contributed by atoms with Gasteiger partial charge in [0, 0.05) is 30.0 Å². The Labute approximate surface area is 190 Å². The average molecular weight is 463 g/mol. The van der Waals surface area contributed by atoms with Crippen LogP contribution in [0.25, 0.3) is 10.9 Å². The number of benzene rings is 1. The number of halogens is 2. The molecule has 8 heteroatoms. The van der Waals surface area contributed by atoms with Gasteiger partial charge in [0.2, 0.25) is 0 Å². The Balaban J connectivity index is 1.64. The third-order valence-corrected chi connectivity index (χ3v) is 7.44. The molecule has 1 unspecified atom stereocenters. The molecule has 31 heavy (non-hydrogen) atoms. The van der Waals surface area contributed by atoms with Gasteiger partial charge in [-0.15, -0.1) is 0 Å². The molecule has 1 aromatic carbocycles. The molecule has 0 bridgehead atoms. The highest BCUT2D eigenvalue weighted by Gasteiger charge is 2.50. The van der Waals surface area contributed by atoms with Gasteiger partial charge in [0.15, 0.2) is 0 Å². The van der Waals surface area contributed by atoms with E-state index in [4.69, 9.17) is 33.0 Å². The molecule has 4 rings (SSSR count). The number of aliphatic carboxylic acids is 1. The summed E-state index contributed by atoms with van der Waals surface area (Å²) in [7, 11) is 1.82. The van der Waals surface area contributed by atoms with Crippen LogP contribution in [0.1, 0.15) is 36.7 Å². The minimum absolute atomic E-state index is 0.0122. The molecule has 0 spiro atoms. The molecule has 2 atom stereocenters. The predicted octanol–water partition coefficient (Wildman–Crippen LogP) is 4.74. The number of amides is 1. The fourth-order valence-corrected chi connectivity index (χ4v) is 4.92. The third-order valence-electron chi connectivity index (χ3n) is 6.62. The lowest BCUT2D eigenvalue weighted by Gasteiger charge is -2.45. The fourth-order valence-electron chi connectivity index (χ4n) is 4.54. The van der Waals surface area contributed by atoms with Crippen LogP contribution in [0.5, 0.6) is 0 Å². The summed E-state index contributed by atoms with van der Waals surface area (Å²) in [6.45, 7) is 3.01. The van der Waals surface area contributed by atoms with Gasteiger partial charge in [-0.3, -0.25) is 9.59 Å². The quantitative estimate of drug-likeness (QED) is 0.671. The Hall–Kier alpha value is -2.28. The van der Waals surface area contributed by atoms with Gasteiger partial charge in [-0.05, 0) is 36.6 Å². The first-order valence-corrected chi connectivity index (χ1v) is 10.9. The van der Waals surface area contributed by atoms with Crippen molar-refractivity contribution >= 4 is 46.0 Å². The molecular weight excluding hydrogens is 439 g/mol. The molecular formula is C23H24Cl2N2O4. The van der Waals surface area contributed by atoms with E-state index in [1.54, 1.807) is 16.7 Å². The van der Waals surface area contributed by atoms with Crippen molar-refractivity contribution in [3.05, 3.63) is 57.7 Å². The number of fused-ring (bicyclic) bond motifs is 1. The molecule has 1 amide bonds. The maximum atomic E-state index is 13.4. The van der Waals surface area contributed by atoms with Gasteiger partial charge in [-0.1, -0.05) is 48.4 Å². The number of ether oxygens (including phenoxy) is 1. The van der Waals surface area contributed by atoms with E-state index in [0.29, 0.717) is 41.8 Å². The summed E-state index contributed by atoms with van der Waals surface area (Å²) in [5.74, 6) is -1.08. The summed E-state index contributed by atoms with van der Waals surface area (Å²) < 4.78 is 7.53. The number of nitrogens with zero attached hydrogens (tertiary/aromatic N) is 1. The number of hydrogen-bond donors (Lipinski definition) is 2. The summed E-state index contributed by atoms with van der Waals surface area (Å²) in [6.07, 6.45) is 7.08.